The average Bonchev–Trinajstić information content (AvgIpc) is 2.31. The largest absolute Gasteiger partial charge is 0.399 e. The second kappa shape index (κ2) is 9.40. The zero-order chi connectivity index (χ0) is 13.2. The summed E-state index contributed by atoms with van der Waals surface area (Å²) in [6.45, 7) is 3.74. The van der Waals surface area contributed by atoms with Gasteiger partial charge >= 0.3 is 0 Å². The van der Waals surface area contributed by atoms with Crippen LogP contribution in [-0.2, 0) is 11.3 Å². The summed E-state index contributed by atoms with van der Waals surface area (Å²) < 4.78 is 6.67. The molecule has 1 rings (SSSR count). The lowest BCUT2D eigenvalue weighted by Crippen LogP contribution is -1.97. The van der Waals surface area contributed by atoms with Crippen LogP contribution in [0, 0.1) is 0 Å². The minimum Gasteiger partial charge on any atom is -0.399 e. The molecular weight excluding hydrogens is 290 g/mol. The summed E-state index contributed by atoms with van der Waals surface area (Å²) in [6.07, 6.45) is 7.80. The van der Waals surface area contributed by atoms with Gasteiger partial charge in [-0.3, -0.25) is 0 Å². The number of unbranched alkanes of at least 4 members (excludes halogenated alkanes) is 5. The molecule has 0 amide bonds. The highest BCUT2D eigenvalue weighted by Gasteiger charge is 1.98. The molecule has 2 N–H and O–H groups in total. The van der Waals surface area contributed by atoms with Crippen molar-refractivity contribution in [3.63, 3.8) is 0 Å². The summed E-state index contributed by atoms with van der Waals surface area (Å²) in [5, 5.41) is 0. The quantitative estimate of drug-likeness (QED) is 0.519. The molecular formula is C15H24BrNO. The third-order valence-electron chi connectivity index (χ3n) is 2.89. The van der Waals surface area contributed by atoms with Gasteiger partial charge in [0, 0.05) is 16.8 Å². The standard InChI is InChI=1S/C15H24BrNO/c1-2-3-4-5-6-7-8-18-12-13-9-14(16)11-15(17)10-13/h9-11H,2-8,12,17H2,1H3. The van der Waals surface area contributed by atoms with Crippen LogP contribution in [0.1, 0.15) is 51.0 Å². The molecule has 0 fully saturated rings. The molecule has 3 heteroatoms. The third-order valence-corrected chi connectivity index (χ3v) is 3.35. The van der Waals surface area contributed by atoms with Gasteiger partial charge in [-0.05, 0) is 30.2 Å². The molecule has 0 unspecified atom stereocenters. The zero-order valence-corrected chi connectivity index (χ0v) is 12.8. The molecule has 0 saturated carbocycles. The number of anilines is 1. The number of nitrogen functional groups attached to an aromatic ring is 1. The highest BCUT2D eigenvalue weighted by molar-refractivity contribution is 9.10. The number of benzene rings is 1. The number of rotatable bonds is 9. The summed E-state index contributed by atoms with van der Waals surface area (Å²) in [5.41, 5.74) is 7.68. The summed E-state index contributed by atoms with van der Waals surface area (Å²) in [6, 6.07) is 5.92. The van der Waals surface area contributed by atoms with E-state index in [0.717, 1.165) is 28.8 Å². The Morgan fingerprint density at radius 3 is 2.50 bits per heavy atom. The fourth-order valence-electron chi connectivity index (χ4n) is 1.93. The predicted octanol–water partition coefficient (Wildman–Crippen LogP) is 4.91. The lowest BCUT2D eigenvalue weighted by molar-refractivity contribution is 0.116. The van der Waals surface area contributed by atoms with Gasteiger partial charge in [-0.25, -0.2) is 0 Å². The molecule has 1 aromatic carbocycles. The van der Waals surface area contributed by atoms with Gasteiger partial charge in [-0.15, -0.1) is 0 Å². The van der Waals surface area contributed by atoms with Crippen LogP contribution in [0.25, 0.3) is 0 Å². The molecule has 0 saturated heterocycles. The molecule has 0 aliphatic rings. The molecule has 0 aromatic heterocycles. The van der Waals surface area contributed by atoms with Gasteiger partial charge in [0.2, 0.25) is 0 Å². The first-order chi connectivity index (χ1) is 8.72. The summed E-state index contributed by atoms with van der Waals surface area (Å²) >= 11 is 3.44. The van der Waals surface area contributed by atoms with Gasteiger partial charge in [0.05, 0.1) is 6.61 Å². The summed E-state index contributed by atoms with van der Waals surface area (Å²) in [7, 11) is 0. The maximum absolute atomic E-state index is 5.77. The van der Waals surface area contributed by atoms with Crippen LogP contribution in [0.15, 0.2) is 22.7 Å². The van der Waals surface area contributed by atoms with Crippen LogP contribution < -0.4 is 5.73 Å². The molecule has 102 valence electrons. The highest BCUT2D eigenvalue weighted by Crippen LogP contribution is 2.18. The minimum atomic E-state index is 0.651. The Labute approximate surface area is 119 Å². The van der Waals surface area contributed by atoms with E-state index >= 15 is 0 Å². The van der Waals surface area contributed by atoms with Gasteiger partial charge in [-0.2, -0.15) is 0 Å². The summed E-state index contributed by atoms with van der Waals surface area (Å²) in [5.74, 6) is 0. The van der Waals surface area contributed by atoms with Crippen LogP contribution in [0.2, 0.25) is 0 Å². The SMILES string of the molecule is CCCCCCCCOCc1cc(N)cc(Br)c1. The maximum atomic E-state index is 5.77. The van der Waals surface area contributed by atoms with Gasteiger partial charge in [-0.1, -0.05) is 55.0 Å². The molecule has 0 radical (unpaired) electrons. The van der Waals surface area contributed by atoms with Gasteiger partial charge in [0.1, 0.15) is 0 Å². The summed E-state index contributed by atoms with van der Waals surface area (Å²) in [4.78, 5) is 0. The Morgan fingerprint density at radius 1 is 1.06 bits per heavy atom. The van der Waals surface area contributed by atoms with E-state index in [-0.39, 0.29) is 0 Å². The van der Waals surface area contributed by atoms with Crippen molar-refractivity contribution in [1.82, 2.24) is 0 Å². The molecule has 0 aliphatic heterocycles. The van der Waals surface area contributed by atoms with E-state index in [4.69, 9.17) is 10.5 Å². The van der Waals surface area contributed by atoms with Crippen LogP contribution in [0.3, 0.4) is 0 Å². The minimum absolute atomic E-state index is 0.651. The fraction of sp³-hybridized carbons (Fsp3) is 0.600. The predicted molar refractivity (Wildman–Crippen MR) is 81.6 cm³/mol. The Balaban J connectivity index is 2.07. The van der Waals surface area contributed by atoms with Gasteiger partial charge in [0.15, 0.2) is 0 Å². The second-order valence-corrected chi connectivity index (χ2v) is 5.63. The first kappa shape index (κ1) is 15.5. The van der Waals surface area contributed by atoms with E-state index < -0.39 is 0 Å². The number of ether oxygens (including phenoxy) is 1. The zero-order valence-electron chi connectivity index (χ0n) is 11.3. The average molecular weight is 314 g/mol. The van der Waals surface area contributed by atoms with Crippen molar-refractivity contribution >= 4 is 21.6 Å². The molecule has 0 heterocycles. The van der Waals surface area contributed by atoms with Crippen LogP contribution in [0.4, 0.5) is 5.69 Å². The van der Waals surface area contributed by atoms with E-state index in [1.165, 1.54) is 32.1 Å². The van der Waals surface area contributed by atoms with Gasteiger partial charge in [0.25, 0.3) is 0 Å². The highest BCUT2D eigenvalue weighted by atomic mass is 79.9. The monoisotopic (exact) mass is 313 g/mol. The molecule has 18 heavy (non-hydrogen) atoms. The number of hydrogen-bond donors (Lipinski definition) is 1. The van der Waals surface area contributed by atoms with E-state index in [0.29, 0.717) is 6.61 Å². The molecule has 0 aliphatic carbocycles. The molecule has 0 spiro atoms. The van der Waals surface area contributed by atoms with Crippen LogP contribution in [0.5, 0.6) is 0 Å². The smallest absolute Gasteiger partial charge is 0.0718 e. The lowest BCUT2D eigenvalue weighted by Gasteiger charge is -2.06. The molecule has 1 aromatic rings. The van der Waals surface area contributed by atoms with Crippen molar-refractivity contribution < 1.29 is 4.74 Å². The normalized spacial score (nSPS) is 10.8. The third kappa shape index (κ3) is 7.02. The molecule has 2 nitrogen and oxygen atoms in total. The van der Waals surface area contributed by atoms with Crippen LogP contribution in [-0.4, -0.2) is 6.61 Å². The second-order valence-electron chi connectivity index (χ2n) is 4.71. The van der Waals surface area contributed by atoms with E-state index in [9.17, 15) is 0 Å². The lowest BCUT2D eigenvalue weighted by atomic mass is 10.1. The van der Waals surface area contributed by atoms with E-state index in [1.54, 1.807) is 0 Å². The molecule has 0 bridgehead atoms. The fourth-order valence-corrected chi connectivity index (χ4v) is 2.49. The van der Waals surface area contributed by atoms with Crippen molar-refractivity contribution in [3.05, 3.63) is 28.2 Å². The van der Waals surface area contributed by atoms with E-state index in [2.05, 4.69) is 28.9 Å². The van der Waals surface area contributed by atoms with E-state index in [1.807, 2.05) is 12.1 Å². The van der Waals surface area contributed by atoms with Crippen molar-refractivity contribution in [1.29, 1.82) is 0 Å². The van der Waals surface area contributed by atoms with Crippen molar-refractivity contribution in [2.75, 3.05) is 12.3 Å². The first-order valence-corrected chi connectivity index (χ1v) is 7.64. The van der Waals surface area contributed by atoms with Crippen molar-refractivity contribution in [3.8, 4) is 0 Å². The Morgan fingerprint density at radius 2 is 1.78 bits per heavy atom. The Kier molecular flexibility index (Phi) is 8.10. The first-order valence-electron chi connectivity index (χ1n) is 6.85. The Bertz CT molecular complexity index is 321. The van der Waals surface area contributed by atoms with Crippen molar-refractivity contribution in [2.45, 2.75) is 52.1 Å². The maximum Gasteiger partial charge on any atom is 0.0718 e. The number of hydrogen-bond acceptors (Lipinski definition) is 2. The van der Waals surface area contributed by atoms with Gasteiger partial charge < -0.3 is 10.5 Å². The molecule has 0 atom stereocenters. The number of halogens is 1. The topological polar surface area (TPSA) is 35.2 Å². The Hall–Kier alpha value is -0.540. The van der Waals surface area contributed by atoms with Crippen LogP contribution >= 0.6 is 15.9 Å². The van der Waals surface area contributed by atoms with Crippen molar-refractivity contribution in [2.24, 2.45) is 0 Å². The number of nitrogens with two attached hydrogens (primary N) is 1.